The van der Waals surface area contributed by atoms with Crippen molar-refractivity contribution in [3.05, 3.63) is 66.2 Å². The van der Waals surface area contributed by atoms with Crippen LogP contribution in [-0.4, -0.2) is 20.1 Å². The zero-order chi connectivity index (χ0) is 14.2. The Hall–Kier alpha value is -1.80. The van der Waals surface area contributed by atoms with E-state index in [1.165, 1.54) is 11.3 Å². The number of para-hydroxylation sites is 1. The summed E-state index contributed by atoms with van der Waals surface area (Å²) in [7, 11) is 2.15. The molecule has 0 aromatic heterocycles. The molecule has 0 unspecified atom stereocenters. The van der Waals surface area contributed by atoms with E-state index in [-0.39, 0.29) is 0 Å². The summed E-state index contributed by atoms with van der Waals surface area (Å²) in [6, 6.07) is 21.5. The van der Waals surface area contributed by atoms with Crippen LogP contribution in [0.5, 0.6) is 0 Å². The Kier molecular flexibility index (Phi) is 5.63. The molecule has 0 aliphatic carbocycles. The minimum Gasteiger partial charge on any atom is -0.375 e. The van der Waals surface area contributed by atoms with Gasteiger partial charge in [-0.1, -0.05) is 48.5 Å². The summed E-state index contributed by atoms with van der Waals surface area (Å²) in [4.78, 5) is 2.30. The maximum absolute atomic E-state index is 3.58. The number of benzene rings is 2. The number of anilines is 1. The van der Waals surface area contributed by atoms with Gasteiger partial charge in [0, 0.05) is 25.3 Å². The molecule has 2 rings (SSSR count). The molecule has 1 atom stereocenters. The van der Waals surface area contributed by atoms with Gasteiger partial charge in [-0.25, -0.2) is 0 Å². The van der Waals surface area contributed by atoms with Gasteiger partial charge in [0.25, 0.3) is 0 Å². The van der Waals surface area contributed by atoms with Gasteiger partial charge in [0.2, 0.25) is 0 Å². The van der Waals surface area contributed by atoms with E-state index >= 15 is 0 Å². The Morgan fingerprint density at radius 1 is 0.950 bits per heavy atom. The Labute approximate surface area is 122 Å². The number of nitrogens with zero attached hydrogens (tertiary/aromatic N) is 1. The van der Waals surface area contributed by atoms with E-state index in [1.807, 2.05) is 0 Å². The van der Waals surface area contributed by atoms with Crippen molar-refractivity contribution in [1.82, 2.24) is 5.32 Å². The highest BCUT2D eigenvalue weighted by Crippen LogP contribution is 2.12. The lowest BCUT2D eigenvalue weighted by Gasteiger charge is -2.20. The van der Waals surface area contributed by atoms with E-state index < -0.39 is 0 Å². The quantitative estimate of drug-likeness (QED) is 0.767. The summed E-state index contributed by atoms with van der Waals surface area (Å²) >= 11 is 0. The first-order valence-corrected chi connectivity index (χ1v) is 7.32. The molecule has 0 aliphatic heterocycles. The highest BCUT2D eigenvalue weighted by Gasteiger charge is 2.04. The van der Waals surface area contributed by atoms with Crippen LogP contribution in [0.1, 0.15) is 24.9 Å². The molecular weight excluding hydrogens is 244 g/mol. The molecule has 0 bridgehead atoms. The third kappa shape index (κ3) is 4.39. The second kappa shape index (κ2) is 7.71. The van der Waals surface area contributed by atoms with Crippen molar-refractivity contribution in [2.24, 2.45) is 0 Å². The summed E-state index contributed by atoms with van der Waals surface area (Å²) < 4.78 is 0. The first-order valence-electron chi connectivity index (χ1n) is 7.32. The molecule has 0 saturated heterocycles. The van der Waals surface area contributed by atoms with Crippen molar-refractivity contribution < 1.29 is 0 Å². The largest absolute Gasteiger partial charge is 0.375 e. The van der Waals surface area contributed by atoms with E-state index in [1.54, 1.807) is 0 Å². The van der Waals surface area contributed by atoms with Gasteiger partial charge < -0.3 is 10.2 Å². The van der Waals surface area contributed by atoms with Gasteiger partial charge in [0.1, 0.15) is 0 Å². The van der Waals surface area contributed by atoms with Crippen molar-refractivity contribution in [1.29, 1.82) is 0 Å². The number of hydrogen-bond donors (Lipinski definition) is 1. The first-order chi connectivity index (χ1) is 9.77. The van der Waals surface area contributed by atoms with Crippen LogP contribution in [0.25, 0.3) is 0 Å². The maximum atomic E-state index is 3.58. The maximum Gasteiger partial charge on any atom is 0.0363 e. The lowest BCUT2D eigenvalue weighted by molar-refractivity contribution is 0.558. The van der Waals surface area contributed by atoms with Gasteiger partial charge in [0.05, 0.1) is 0 Å². The van der Waals surface area contributed by atoms with E-state index in [9.17, 15) is 0 Å². The molecule has 2 aromatic carbocycles. The van der Waals surface area contributed by atoms with Crippen LogP contribution >= 0.6 is 0 Å². The van der Waals surface area contributed by atoms with Crippen molar-refractivity contribution in [3.8, 4) is 0 Å². The Balaban J connectivity index is 1.69. The van der Waals surface area contributed by atoms with Crippen LogP contribution in [0.4, 0.5) is 5.69 Å². The summed E-state index contributed by atoms with van der Waals surface area (Å²) in [5.41, 5.74) is 2.63. The van der Waals surface area contributed by atoms with Crippen LogP contribution in [0, 0.1) is 0 Å². The average molecular weight is 268 g/mol. The van der Waals surface area contributed by atoms with E-state index in [2.05, 4.69) is 84.9 Å². The molecule has 0 saturated carbocycles. The predicted octanol–water partition coefficient (Wildman–Crippen LogP) is 3.86. The van der Waals surface area contributed by atoms with Gasteiger partial charge >= 0.3 is 0 Å². The van der Waals surface area contributed by atoms with Crippen LogP contribution in [0.2, 0.25) is 0 Å². The van der Waals surface area contributed by atoms with Crippen molar-refractivity contribution in [2.45, 2.75) is 19.4 Å². The number of nitrogens with one attached hydrogen (secondary N) is 1. The minimum absolute atomic E-state index is 0.415. The molecule has 0 radical (unpaired) electrons. The SMILES string of the molecule is C[C@H](NCCCN(C)c1ccccc1)c1ccccc1. The van der Waals surface area contributed by atoms with Crippen molar-refractivity contribution in [3.63, 3.8) is 0 Å². The fourth-order valence-electron chi connectivity index (χ4n) is 2.31. The van der Waals surface area contributed by atoms with Gasteiger partial charge in [0.15, 0.2) is 0 Å². The number of hydrogen-bond acceptors (Lipinski definition) is 2. The highest BCUT2D eigenvalue weighted by molar-refractivity contribution is 5.44. The third-order valence-electron chi connectivity index (χ3n) is 3.62. The summed E-state index contributed by atoms with van der Waals surface area (Å²) in [6.45, 7) is 4.32. The van der Waals surface area contributed by atoms with Crippen molar-refractivity contribution in [2.75, 3.05) is 25.0 Å². The standard InChI is InChI=1S/C18H24N2/c1-16(17-10-5-3-6-11-17)19-14-9-15-20(2)18-12-7-4-8-13-18/h3-8,10-13,16,19H,9,14-15H2,1-2H3/t16-/m0/s1. The molecule has 20 heavy (non-hydrogen) atoms. The molecule has 2 heteroatoms. The zero-order valence-electron chi connectivity index (χ0n) is 12.4. The van der Waals surface area contributed by atoms with Crippen LogP contribution < -0.4 is 10.2 Å². The molecule has 106 valence electrons. The van der Waals surface area contributed by atoms with Crippen LogP contribution in [0.15, 0.2) is 60.7 Å². The Morgan fingerprint density at radius 3 is 2.20 bits per heavy atom. The fourth-order valence-corrected chi connectivity index (χ4v) is 2.31. The third-order valence-corrected chi connectivity index (χ3v) is 3.62. The Morgan fingerprint density at radius 2 is 1.55 bits per heavy atom. The lowest BCUT2D eigenvalue weighted by Crippen LogP contribution is -2.25. The summed E-state index contributed by atoms with van der Waals surface area (Å²) in [5, 5.41) is 3.58. The first kappa shape index (κ1) is 14.6. The topological polar surface area (TPSA) is 15.3 Å². The average Bonchev–Trinajstić information content (AvgIpc) is 2.53. The summed E-state index contributed by atoms with van der Waals surface area (Å²) in [5.74, 6) is 0. The summed E-state index contributed by atoms with van der Waals surface area (Å²) in [6.07, 6.45) is 1.14. The fraction of sp³-hybridized carbons (Fsp3) is 0.333. The van der Waals surface area contributed by atoms with Gasteiger partial charge in [-0.2, -0.15) is 0 Å². The van der Waals surface area contributed by atoms with Gasteiger partial charge in [-0.05, 0) is 37.6 Å². The van der Waals surface area contributed by atoms with E-state index in [4.69, 9.17) is 0 Å². The molecule has 1 N–H and O–H groups in total. The monoisotopic (exact) mass is 268 g/mol. The van der Waals surface area contributed by atoms with Crippen molar-refractivity contribution >= 4 is 5.69 Å². The van der Waals surface area contributed by atoms with Gasteiger partial charge in [-0.3, -0.25) is 0 Å². The van der Waals surface area contributed by atoms with Crippen LogP contribution in [0.3, 0.4) is 0 Å². The predicted molar refractivity (Wildman–Crippen MR) is 87.2 cm³/mol. The molecule has 0 heterocycles. The second-order valence-corrected chi connectivity index (χ2v) is 5.20. The van der Waals surface area contributed by atoms with Gasteiger partial charge in [-0.15, -0.1) is 0 Å². The van der Waals surface area contributed by atoms with Crippen LogP contribution in [-0.2, 0) is 0 Å². The zero-order valence-corrected chi connectivity index (χ0v) is 12.4. The number of rotatable bonds is 7. The molecule has 0 amide bonds. The molecule has 0 aliphatic rings. The smallest absolute Gasteiger partial charge is 0.0363 e. The molecule has 2 aromatic rings. The molecule has 0 spiro atoms. The lowest BCUT2D eigenvalue weighted by atomic mass is 10.1. The molecule has 0 fully saturated rings. The Bertz CT molecular complexity index is 434. The second-order valence-electron chi connectivity index (χ2n) is 5.20. The molecular formula is C18H24N2. The normalized spacial score (nSPS) is 12.1. The minimum atomic E-state index is 0.415. The highest BCUT2D eigenvalue weighted by atomic mass is 15.1. The van der Waals surface area contributed by atoms with E-state index in [0.717, 1.165) is 19.5 Å². The van der Waals surface area contributed by atoms with E-state index in [0.29, 0.717) is 6.04 Å². The molecule has 2 nitrogen and oxygen atoms in total.